The fourth-order valence-corrected chi connectivity index (χ4v) is 1.57. The van der Waals surface area contributed by atoms with Gasteiger partial charge in [-0.1, -0.05) is 13.8 Å². The topological polar surface area (TPSA) is 43.6 Å². The lowest BCUT2D eigenvalue weighted by Crippen LogP contribution is -2.06. The molecule has 0 radical (unpaired) electrons. The first-order chi connectivity index (χ1) is 7.58. The lowest BCUT2D eigenvalue weighted by Gasteiger charge is -2.09. The van der Waals surface area contributed by atoms with E-state index >= 15 is 0 Å². The maximum Gasteiger partial charge on any atom is 0.235 e. The normalized spacial score (nSPS) is 11.1. The van der Waals surface area contributed by atoms with E-state index in [4.69, 9.17) is 0 Å². The molecule has 0 saturated carbocycles. The number of aromatic nitrogens is 4. The van der Waals surface area contributed by atoms with Crippen LogP contribution in [0.3, 0.4) is 0 Å². The SMILES string of the molecule is Cc1cc(C(C)C)nc(-n2ccnc2C)n1. The van der Waals surface area contributed by atoms with E-state index in [1.807, 2.05) is 30.7 Å². The Kier molecular flexibility index (Phi) is 2.73. The van der Waals surface area contributed by atoms with Crippen LogP contribution in [0, 0.1) is 13.8 Å². The van der Waals surface area contributed by atoms with Crippen molar-refractivity contribution in [2.24, 2.45) is 0 Å². The zero-order chi connectivity index (χ0) is 11.7. The van der Waals surface area contributed by atoms with E-state index in [2.05, 4.69) is 28.8 Å². The fourth-order valence-electron chi connectivity index (χ4n) is 1.57. The summed E-state index contributed by atoms with van der Waals surface area (Å²) in [6.07, 6.45) is 3.64. The second-order valence-corrected chi connectivity index (χ2v) is 4.23. The van der Waals surface area contributed by atoms with Crippen molar-refractivity contribution in [2.75, 3.05) is 0 Å². The van der Waals surface area contributed by atoms with Crippen molar-refractivity contribution in [3.63, 3.8) is 0 Å². The van der Waals surface area contributed by atoms with E-state index in [9.17, 15) is 0 Å². The Morgan fingerprint density at radius 1 is 1.19 bits per heavy atom. The average Bonchev–Trinajstić information content (AvgIpc) is 2.63. The first-order valence-corrected chi connectivity index (χ1v) is 5.44. The predicted molar refractivity (Wildman–Crippen MR) is 62.7 cm³/mol. The van der Waals surface area contributed by atoms with Gasteiger partial charge in [0.2, 0.25) is 5.95 Å². The first kappa shape index (κ1) is 10.8. The minimum absolute atomic E-state index is 0.407. The van der Waals surface area contributed by atoms with Crippen LogP contribution in [-0.4, -0.2) is 19.5 Å². The lowest BCUT2D eigenvalue weighted by molar-refractivity contribution is 0.777. The molecular weight excluding hydrogens is 200 g/mol. The second kappa shape index (κ2) is 4.04. The smallest absolute Gasteiger partial charge is 0.235 e. The van der Waals surface area contributed by atoms with Gasteiger partial charge >= 0.3 is 0 Å². The molecule has 84 valence electrons. The van der Waals surface area contributed by atoms with Gasteiger partial charge in [-0.2, -0.15) is 0 Å². The number of aryl methyl sites for hydroxylation is 2. The molecule has 0 bridgehead atoms. The molecular formula is C12H16N4. The zero-order valence-electron chi connectivity index (χ0n) is 10.1. The molecule has 0 aliphatic rings. The van der Waals surface area contributed by atoms with Crippen LogP contribution < -0.4 is 0 Å². The summed E-state index contributed by atoms with van der Waals surface area (Å²) in [5.74, 6) is 2.02. The maximum absolute atomic E-state index is 4.55. The van der Waals surface area contributed by atoms with Crippen LogP contribution in [0.5, 0.6) is 0 Å². The van der Waals surface area contributed by atoms with Gasteiger partial charge in [-0.15, -0.1) is 0 Å². The van der Waals surface area contributed by atoms with Crippen molar-refractivity contribution in [3.8, 4) is 5.95 Å². The molecule has 4 heteroatoms. The molecule has 0 aliphatic heterocycles. The van der Waals surface area contributed by atoms with Gasteiger partial charge in [-0.3, -0.25) is 4.57 Å². The third kappa shape index (κ3) is 1.96. The highest BCUT2D eigenvalue weighted by molar-refractivity contribution is 5.22. The van der Waals surface area contributed by atoms with Crippen molar-refractivity contribution in [1.82, 2.24) is 19.5 Å². The molecule has 0 N–H and O–H groups in total. The van der Waals surface area contributed by atoms with Crippen LogP contribution in [-0.2, 0) is 0 Å². The van der Waals surface area contributed by atoms with E-state index in [0.29, 0.717) is 11.9 Å². The minimum Gasteiger partial charge on any atom is -0.272 e. The van der Waals surface area contributed by atoms with Crippen LogP contribution in [0.15, 0.2) is 18.5 Å². The van der Waals surface area contributed by atoms with Crippen LogP contribution in [0.2, 0.25) is 0 Å². The summed E-state index contributed by atoms with van der Waals surface area (Å²) in [6.45, 7) is 8.20. The molecule has 0 aliphatic carbocycles. The van der Waals surface area contributed by atoms with E-state index in [1.165, 1.54) is 0 Å². The molecule has 0 spiro atoms. The van der Waals surface area contributed by atoms with E-state index in [0.717, 1.165) is 17.2 Å². The third-order valence-corrected chi connectivity index (χ3v) is 2.49. The molecule has 4 nitrogen and oxygen atoms in total. The lowest BCUT2D eigenvalue weighted by atomic mass is 10.1. The molecule has 0 amide bonds. The summed E-state index contributed by atoms with van der Waals surface area (Å²) >= 11 is 0. The quantitative estimate of drug-likeness (QED) is 0.774. The van der Waals surface area contributed by atoms with Gasteiger partial charge in [0.1, 0.15) is 5.82 Å². The summed E-state index contributed by atoms with van der Waals surface area (Å²) in [5.41, 5.74) is 2.05. The Bertz CT molecular complexity index is 499. The van der Waals surface area contributed by atoms with Crippen molar-refractivity contribution in [3.05, 3.63) is 35.7 Å². The largest absolute Gasteiger partial charge is 0.272 e. The second-order valence-electron chi connectivity index (χ2n) is 4.23. The predicted octanol–water partition coefficient (Wildman–Crippen LogP) is 2.40. The highest BCUT2D eigenvalue weighted by atomic mass is 15.2. The monoisotopic (exact) mass is 216 g/mol. The number of imidazole rings is 1. The maximum atomic E-state index is 4.55. The van der Waals surface area contributed by atoms with Crippen molar-refractivity contribution in [1.29, 1.82) is 0 Å². The van der Waals surface area contributed by atoms with Gasteiger partial charge in [-0.25, -0.2) is 15.0 Å². The summed E-state index contributed by atoms with van der Waals surface area (Å²) in [5, 5.41) is 0. The van der Waals surface area contributed by atoms with E-state index in [1.54, 1.807) is 6.20 Å². The van der Waals surface area contributed by atoms with Gasteiger partial charge < -0.3 is 0 Å². The Hall–Kier alpha value is -1.71. The van der Waals surface area contributed by atoms with Crippen LogP contribution in [0.4, 0.5) is 0 Å². The molecule has 2 aromatic rings. The van der Waals surface area contributed by atoms with Crippen molar-refractivity contribution in [2.45, 2.75) is 33.6 Å². The van der Waals surface area contributed by atoms with Gasteiger partial charge in [0, 0.05) is 23.8 Å². The summed E-state index contributed by atoms with van der Waals surface area (Å²) in [6, 6.07) is 2.03. The van der Waals surface area contributed by atoms with Gasteiger partial charge in [0.05, 0.1) is 0 Å². The molecule has 0 unspecified atom stereocenters. The molecule has 2 aromatic heterocycles. The van der Waals surface area contributed by atoms with Crippen molar-refractivity contribution >= 4 is 0 Å². The highest BCUT2D eigenvalue weighted by Gasteiger charge is 2.08. The minimum atomic E-state index is 0.407. The van der Waals surface area contributed by atoms with Crippen LogP contribution in [0.25, 0.3) is 5.95 Å². The number of rotatable bonds is 2. The number of nitrogens with zero attached hydrogens (tertiary/aromatic N) is 4. The summed E-state index contributed by atoms with van der Waals surface area (Å²) in [4.78, 5) is 13.2. The highest BCUT2D eigenvalue weighted by Crippen LogP contribution is 2.14. The van der Waals surface area contributed by atoms with E-state index in [-0.39, 0.29) is 0 Å². The molecule has 0 atom stereocenters. The van der Waals surface area contributed by atoms with Gasteiger partial charge in [0.25, 0.3) is 0 Å². The molecule has 0 saturated heterocycles. The first-order valence-electron chi connectivity index (χ1n) is 5.44. The van der Waals surface area contributed by atoms with Gasteiger partial charge in [-0.05, 0) is 25.8 Å². The number of hydrogen-bond donors (Lipinski definition) is 0. The summed E-state index contributed by atoms with van der Waals surface area (Å²) < 4.78 is 1.90. The summed E-state index contributed by atoms with van der Waals surface area (Å²) in [7, 11) is 0. The Labute approximate surface area is 95.4 Å². The number of hydrogen-bond acceptors (Lipinski definition) is 3. The Balaban J connectivity index is 2.54. The van der Waals surface area contributed by atoms with Crippen molar-refractivity contribution < 1.29 is 0 Å². The van der Waals surface area contributed by atoms with Gasteiger partial charge in [0.15, 0.2) is 0 Å². The molecule has 0 fully saturated rings. The molecule has 2 rings (SSSR count). The van der Waals surface area contributed by atoms with Crippen LogP contribution in [0.1, 0.15) is 37.0 Å². The standard InChI is InChI=1S/C12H16N4/c1-8(2)11-7-9(3)14-12(15-11)16-6-5-13-10(16)4/h5-8H,1-4H3. The Morgan fingerprint density at radius 3 is 2.50 bits per heavy atom. The fraction of sp³-hybridized carbons (Fsp3) is 0.417. The molecule has 16 heavy (non-hydrogen) atoms. The zero-order valence-corrected chi connectivity index (χ0v) is 10.1. The third-order valence-electron chi connectivity index (χ3n) is 2.49. The molecule has 2 heterocycles. The molecule has 0 aromatic carbocycles. The van der Waals surface area contributed by atoms with E-state index < -0.39 is 0 Å². The average molecular weight is 216 g/mol. The Morgan fingerprint density at radius 2 is 1.94 bits per heavy atom. The van der Waals surface area contributed by atoms with Crippen LogP contribution >= 0.6 is 0 Å².